The predicted octanol–water partition coefficient (Wildman–Crippen LogP) is 13.8. The van der Waals surface area contributed by atoms with E-state index < -0.39 is 59.4 Å². The van der Waals surface area contributed by atoms with Crippen LogP contribution in [-0.4, -0.2) is 75.6 Å². The number of hydrogen-bond donors (Lipinski definition) is 0. The van der Waals surface area contributed by atoms with Gasteiger partial charge in [-0.25, -0.2) is 24.0 Å². The third-order valence-electron chi connectivity index (χ3n) is 9.38. The van der Waals surface area contributed by atoms with E-state index in [9.17, 15) is 24.0 Å². The molecule has 0 radical (unpaired) electrons. The van der Waals surface area contributed by atoms with Gasteiger partial charge in [-0.2, -0.15) is 0 Å². The molecule has 74 heavy (non-hydrogen) atoms. The van der Waals surface area contributed by atoms with Crippen LogP contribution in [0.2, 0.25) is 0 Å². The number of esters is 3. The first-order valence-corrected chi connectivity index (χ1v) is 26.2. The molecule has 0 aliphatic heterocycles. The molecule has 17 nitrogen and oxygen atoms in total. The molecule has 0 spiro atoms. The van der Waals surface area contributed by atoms with Crippen molar-refractivity contribution in [2.24, 2.45) is 0 Å². The highest BCUT2D eigenvalue weighted by Gasteiger charge is 2.32. The Labute approximate surface area is 477 Å². The number of ether oxygens (including phenoxy) is 12. The maximum Gasteiger partial charge on any atom is 0.514 e. The average molecular weight is 1370 g/mol. The minimum Gasteiger partial charge on any atom is -0.493 e. The molecule has 0 N–H and O–H groups in total. The van der Waals surface area contributed by atoms with Crippen molar-refractivity contribution in [2.75, 3.05) is 27.9 Å². The zero-order chi connectivity index (χ0) is 57.1. The van der Waals surface area contributed by atoms with Crippen LogP contribution < -0.4 is 28.4 Å². The number of benzene rings is 3. The number of rotatable bonds is 19. The molecule has 3 aromatic carbocycles. The Balaban J connectivity index is 0.000000555. The molecule has 0 saturated heterocycles. The highest BCUT2D eigenvalue weighted by atomic mass is 127. The van der Waals surface area contributed by atoms with E-state index in [0.717, 1.165) is 9.13 Å². The molecule has 3 aromatic rings. The highest BCUT2D eigenvalue weighted by Crippen LogP contribution is 2.41. The second-order valence-corrected chi connectivity index (χ2v) is 21.8. The maximum atomic E-state index is 12.0. The van der Waals surface area contributed by atoms with Gasteiger partial charge < -0.3 is 56.8 Å². The standard InChI is InChI=1S/C19H27IO5.C18H23IO6.C17H21IO6/c1-8-19(6,25-18(21)12(3)4)14-10-15(20)17(16(11-14)22-7)24-13(5)23-9-2;1-10(2)16(20)23-11(3)12-8-13(19)15(14(9-12)22-7)24-17(21)25-18(4,5)6;1-10(2)15(19)22-9-11-7-12(18)14(13(8-11)21-6)23-16(20)24-17(3,4)5/h10-11,13H,3,8-9H2,1-2,4-7H3;8-9,11H,1H2,2-7H3;7-8H,1,9H2,2-6H3. The van der Waals surface area contributed by atoms with E-state index in [1.54, 1.807) is 101 Å². The lowest BCUT2D eigenvalue weighted by atomic mass is 9.92. The van der Waals surface area contributed by atoms with E-state index in [1.807, 2.05) is 85.0 Å². The summed E-state index contributed by atoms with van der Waals surface area (Å²) in [5.74, 6) is 0.996. The van der Waals surface area contributed by atoms with Gasteiger partial charge in [0, 0.05) is 28.9 Å². The normalized spacial score (nSPS) is 12.4. The quantitative estimate of drug-likeness (QED) is 0.0274. The maximum absolute atomic E-state index is 12.0. The second kappa shape index (κ2) is 30.7. The largest absolute Gasteiger partial charge is 0.514 e. The Morgan fingerprint density at radius 3 is 1.46 bits per heavy atom. The van der Waals surface area contributed by atoms with Crippen molar-refractivity contribution in [3.05, 3.63) is 100 Å². The van der Waals surface area contributed by atoms with Crippen LogP contribution in [0.3, 0.4) is 0 Å². The van der Waals surface area contributed by atoms with E-state index in [1.165, 1.54) is 14.2 Å². The van der Waals surface area contributed by atoms with E-state index in [2.05, 4.69) is 42.3 Å². The molecule has 0 amide bonds. The van der Waals surface area contributed by atoms with E-state index >= 15 is 0 Å². The van der Waals surface area contributed by atoms with Crippen molar-refractivity contribution in [2.45, 2.75) is 139 Å². The SMILES string of the molecule is C=C(C)C(=O)OC(C)(CC)c1cc(I)c(OC(C)OCC)c(OC)c1.C=C(C)C(=O)OC(C)c1cc(I)c(OC(=O)OC(C)(C)C)c(OC)c1.C=C(C)C(=O)OCc1cc(I)c(OC(=O)OC(C)(C)C)c(OC)c1. The smallest absolute Gasteiger partial charge is 0.493 e. The van der Waals surface area contributed by atoms with Gasteiger partial charge in [0.1, 0.15) is 29.5 Å². The van der Waals surface area contributed by atoms with Crippen molar-refractivity contribution in [1.29, 1.82) is 0 Å². The van der Waals surface area contributed by atoms with Crippen molar-refractivity contribution < 1.29 is 80.8 Å². The Hall–Kier alpha value is -4.82. The Kier molecular flexibility index (Phi) is 27.8. The zero-order valence-corrected chi connectivity index (χ0v) is 51.9. The average Bonchev–Trinajstić information content (AvgIpc) is 3.28. The fraction of sp³-hybridized carbons (Fsp3) is 0.463. The minimum atomic E-state index is -0.821. The second-order valence-electron chi connectivity index (χ2n) is 18.3. The van der Waals surface area contributed by atoms with Gasteiger partial charge in [-0.3, -0.25) is 0 Å². The molecule has 0 fully saturated rings. The summed E-state index contributed by atoms with van der Waals surface area (Å²) in [7, 11) is 4.50. The third-order valence-corrected chi connectivity index (χ3v) is 11.8. The summed E-state index contributed by atoms with van der Waals surface area (Å²) in [5.41, 5.74) is 1.13. The van der Waals surface area contributed by atoms with Crippen molar-refractivity contribution in [3.63, 3.8) is 0 Å². The number of hydrogen-bond acceptors (Lipinski definition) is 17. The van der Waals surface area contributed by atoms with E-state index in [-0.39, 0.29) is 18.1 Å². The molecule has 0 aromatic heterocycles. The van der Waals surface area contributed by atoms with Crippen LogP contribution in [0.4, 0.5) is 9.59 Å². The minimum absolute atomic E-state index is 0.0603. The predicted molar refractivity (Wildman–Crippen MR) is 305 cm³/mol. The summed E-state index contributed by atoms with van der Waals surface area (Å²) < 4.78 is 66.4. The summed E-state index contributed by atoms with van der Waals surface area (Å²) in [6.45, 7) is 35.9. The van der Waals surface area contributed by atoms with Crippen LogP contribution in [0, 0.1) is 10.7 Å². The lowest BCUT2D eigenvalue weighted by Gasteiger charge is -2.30. The van der Waals surface area contributed by atoms with E-state index in [0.29, 0.717) is 71.0 Å². The van der Waals surface area contributed by atoms with Crippen molar-refractivity contribution in [3.8, 4) is 34.5 Å². The monoisotopic (exact) mass is 1370 g/mol. The molecule has 410 valence electrons. The molecule has 3 atom stereocenters. The fourth-order valence-corrected chi connectivity index (χ4v) is 7.78. The van der Waals surface area contributed by atoms with E-state index in [4.69, 9.17) is 56.8 Å². The molecule has 0 aliphatic carbocycles. The molecule has 0 saturated carbocycles. The number of halogens is 3. The van der Waals surface area contributed by atoms with Gasteiger partial charge in [0.25, 0.3) is 0 Å². The molecule has 3 unspecified atom stereocenters. The number of methoxy groups -OCH3 is 3. The molecular weight excluding hydrogens is 1300 g/mol. The van der Waals surface area contributed by atoms with Crippen LogP contribution in [0.15, 0.2) is 72.9 Å². The molecule has 0 bridgehead atoms. The van der Waals surface area contributed by atoms with Gasteiger partial charge in [0.05, 0.1) is 32.0 Å². The third kappa shape index (κ3) is 23.0. The van der Waals surface area contributed by atoms with Crippen LogP contribution in [0.1, 0.15) is 126 Å². The van der Waals surface area contributed by atoms with Gasteiger partial charge in [-0.15, -0.1) is 0 Å². The Morgan fingerprint density at radius 2 is 1.03 bits per heavy atom. The number of carbonyl (C=O) groups is 5. The lowest BCUT2D eigenvalue weighted by Crippen LogP contribution is -2.29. The summed E-state index contributed by atoms with van der Waals surface area (Å²) in [6, 6.07) is 10.5. The van der Waals surface area contributed by atoms with Gasteiger partial charge in [-0.1, -0.05) is 26.7 Å². The van der Waals surface area contributed by atoms with Crippen LogP contribution in [0.5, 0.6) is 34.5 Å². The van der Waals surface area contributed by atoms with Gasteiger partial charge in [0.2, 0.25) is 0 Å². The van der Waals surface area contributed by atoms with Crippen molar-refractivity contribution in [1.82, 2.24) is 0 Å². The zero-order valence-electron chi connectivity index (χ0n) is 45.4. The van der Waals surface area contributed by atoms with Crippen LogP contribution >= 0.6 is 67.8 Å². The molecule has 0 aliphatic rings. The Bertz CT molecular complexity index is 2490. The van der Waals surface area contributed by atoms with Crippen LogP contribution in [0.25, 0.3) is 0 Å². The van der Waals surface area contributed by atoms with Crippen molar-refractivity contribution >= 4 is 98.0 Å². The molecule has 3 rings (SSSR count). The number of carbonyl (C=O) groups excluding carboxylic acids is 5. The fourth-order valence-electron chi connectivity index (χ4n) is 5.54. The topological polar surface area (TPSA) is 196 Å². The molecular formula is C54H71I3O17. The van der Waals surface area contributed by atoms with Gasteiger partial charge in [0.15, 0.2) is 40.8 Å². The summed E-state index contributed by atoms with van der Waals surface area (Å²) >= 11 is 6.20. The summed E-state index contributed by atoms with van der Waals surface area (Å²) in [6.07, 6.45) is -1.93. The van der Waals surface area contributed by atoms with Gasteiger partial charge in [-0.05, 0) is 212 Å². The molecule has 20 heteroatoms. The van der Waals surface area contributed by atoms with Gasteiger partial charge >= 0.3 is 30.2 Å². The first-order valence-electron chi connectivity index (χ1n) is 23.0. The van der Waals surface area contributed by atoms with Crippen LogP contribution in [-0.2, 0) is 55.0 Å². The first kappa shape index (κ1) is 67.2. The lowest BCUT2D eigenvalue weighted by molar-refractivity contribution is -0.154. The molecule has 0 heterocycles. The summed E-state index contributed by atoms with van der Waals surface area (Å²) in [5, 5.41) is 0. The highest BCUT2D eigenvalue weighted by molar-refractivity contribution is 14.1. The first-order chi connectivity index (χ1) is 34.1. The Morgan fingerprint density at radius 1 is 0.581 bits per heavy atom. The summed E-state index contributed by atoms with van der Waals surface area (Å²) in [4.78, 5) is 58.9.